The van der Waals surface area contributed by atoms with Crippen LogP contribution in [0.4, 0.5) is 11.4 Å². The maximum absolute atomic E-state index is 12.5. The molecule has 0 aliphatic heterocycles. The van der Waals surface area contributed by atoms with E-state index >= 15 is 0 Å². The normalized spacial score (nSPS) is 11.1. The quantitative estimate of drug-likeness (QED) is 0.690. The molecule has 0 radical (unpaired) electrons. The van der Waals surface area contributed by atoms with Gasteiger partial charge in [0, 0.05) is 24.3 Å². The summed E-state index contributed by atoms with van der Waals surface area (Å²) in [7, 11) is 0. The highest BCUT2D eigenvalue weighted by Gasteiger charge is 2.33. The van der Waals surface area contributed by atoms with Gasteiger partial charge in [-0.3, -0.25) is 9.59 Å². The molecule has 0 aromatic heterocycles. The number of hydrogen-bond acceptors (Lipinski definition) is 3. The fraction of sp³-hybridized carbons (Fsp3) is 0.529. The average Bonchev–Trinajstić information content (AvgIpc) is 2.50. The highest BCUT2D eigenvalue weighted by molar-refractivity contribution is 5.97. The van der Waals surface area contributed by atoms with Crippen molar-refractivity contribution in [1.29, 1.82) is 0 Å². The van der Waals surface area contributed by atoms with E-state index in [9.17, 15) is 9.59 Å². The molecule has 1 rings (SSSR count). The van der Waals surface area contributed by atoms with Gasteiger partial charge < -0.3 is 16.4 Å². The lowest BCUT2D eigenvalue weighted by Gasteiger charge is -2.28. The molecule has 0 saturated heterocycles. The van der Waals surface area contributed by atoms with Gasteiger partial charge in [0.15, 0.2) is 0 Å². The molecule has 0 saturated carbocycles. The molecular formula is C17H27N3O2. The summed E-state index contributed by atoms with van der Waals surface area (Å²) in [5.74, 6) is -0.0959. The highest BCUT2D eigenvalue weighted by Crippen LogP contribution is 2.27. The molecule has 5 nitrogen and oxygen atoms in total. The molecule has 0 heterocycles. The number of rotatable bonds is 8. The zero-order valence-corrected chi connectivity index (χ0v) is 13.7. The van der Waals surface area contributed by atoms with Gasteiger partial charge >= 0.3 is 0 Å². The van der Waals surface area contributed by atoms with E-state index in [1.165, 1.54) is 0 Å². The largest absolute Gasteiger partial charge is 0.329 e. The maximum atomic E-state index is 12.5. The Balaban J connectivity index is 2.82. The van der Waals surface area contributed by atoms with Crippen LogP contribution in [0.25, 0.3) is 0 Å². The fourth-order valence-corrected chi connectivity index (χ4v) is 2.34. The van der Waals surface area contributed by atoms with Crippen molar-refractivity contribution >= 4 is 23.2 Å². The molecule has 4 N–H and O–H groups in total. The number of nitrogens with two attached hydrogens (primary N) is 1. The van der Waals surface area contributed by atoms with E-state index in [1.807, 2.05) is 20.8 Å². The van der Waals surface area contributed by atoms with Crippen molar-refractivity contribution in [2.45, 2.75) is 46.5 Å². The monoisotopic (exact) mass is 305 g/mol. The van der Waals surface area contributed by atoms with Crippen molar-refractivity contribution in [1.82, 2.24) is 0 Å². The zero-order valence-electron chi connectivity index (χ0n) is 13.7. The van der Waals surface area contributed by atoms with Gasteiger partial charge in [-0.25, -0.2) is 0 Å². The predicted molar refractivity (Wildman–Crippen MR) is 90.7 cm³/mol. The van der Waals surface area contributed by atoms with Crippen LogP contribution in [-0.2, 0) is 9.59 Å². The molecule has 0 spiro atoms. The molecule has 0 aliphatic carbocycles. The van der Waals surface area contributed by atoms with Crippen LogP contribution in [-0.4, -0.2) is 18.4 Å². The van der Waals surface area contributed by atoms with Gasteiger partial charge in [0.1, 0.15) is 0 Å². The number of nitrogens with one attached hydrogen (secondary N) is 2. The van der Waals surface area contributed by atoms with E-state index in [4.69, 9.17) is 5.73 Å². The second-order valence-corrected chi connectivity index (χ2v) is 5.52. The third-order valence-corrected chi connectivity index (χ3v) is 4.11. The Kier molecular flexibility index (Phi) is 7.05. The lowest BCUT2D eigenvalue weighted by Crippen LogP contribution is -2.41. The van der Waals surface area contributed by atoms with Crippen molar-refractivity contribution in [3.8, 4) is 0 Å². The van der Waals surface area contributed by atoms with Gasteiger partial charge in [0.05, 0.1) is 5.41 Å². The van der Waals surface area contributed by atoms with Crippen LogP contribution in [0.3, 0.4) is 0 Å². The third-order valence-electron chi connectivity index (χ3n) is 4.11. The Morgan fingerprint density at radius 3 is 2.18 bits per heavy atom. The lowest BCUT2D eigenvalue weighted by atomic mass is 9.81. The second kappa shape index (κ2) is 8.54. The smallest absolute Gasteiger partial charge is 0.231 e. The minimum Gasteiger partial charge on any atom is -0.329 e. The van der Waals surface area contributed by atoms with Gasteiger partial charge in [0.25, 0.3) is 0 Å². The van der Waals surface area contributed by atoms with Gasteiger partial charge in [-0.2, -0.15) is 0 Å². The summed E-state index contributed by atoms with van der Waals surface area (Å²) in [6.07, 6.45) is 2.67. The summed E-state index contributed by atoms with van der Waals surface area (Å²) >= 11 is 0. The van der Waals surface area contributed by atoms with E-state index < -0.39 is 5.41 Å². The van der Waals surface area contributed by atoms with Crippen molar-refractivity contribution in [2.75, 3.05) is 17.2 Å². The van der Waals surface area contributed by atoms with Crippen LogP contribution in [0.15, 0.2) is 24.3 Å². The molecule has 122 valence electrons. The summed E-state index contributed by atoms with van der Waals surface area (Å²) in [5, 5.41) is 5.73. The van der Waals surface area contributed by atoms with E-state index in [0.717, 1.165) is 6.42 Å². The Hall–Kier alpha value is -1.88. The molecule has 22 heavy (non-hydrogen) atoms. The molecule has 5 heteroatoms. The molecule has 0 bridgehead atoms. The number of hydrogen-bond donors (Lipinski definition) is 3. The summed E-state index contributed by atoms with van der Waals surface area (Å²) < 4.78 is 0. The standard InChI is InChI=1S/C17H27N3O2/c1-4-8-15(21)19-13-9-7-10-14(11-13)20-16(22)17(5-2,6-3)12-18/h7,9-11H,4-6,8,12,18H2,1-3H3,(H,19,21)(H,20,22). The molecule has 1 aromatic carbocycles. The van der Waals surface area contributed by atoms with Crippen LogP contribution in [0.5, 0.6) is 0 Å². The summed E-state index contributed by atoms with van der Waals surface area (Å²) in [4.78, 5) is 24.1. The molecule has 0 atom stereocenters. The van der Waals surface area contributed by atoms with Crippen LogP contribution in [0.2, 0.25) is 0 Å². The zero-order chi connectivity index (χ0) is 16.6. The van der Waals surface area contributed by atoms with E-state index in [1.54, 1.807) is 24.3 Å². The molecule has 2 amide bonds. The van der Waals surface area contributed by atoms with Crippen molar-refractivity contribution in [3.63, 3.8) is 0 Å². The van der Waals surface area contributed by atoms with E-state index in [0.29, 0.717) is 37.2 Å². The minimum absolute atomic E-state index is 0.0237. The SMILES string of the molecule is CCCC(=O)Nc1cccc(NC(=O)C(CC)(CC)CN)c1. The van der Waals surface area contributed by atoms with Crippen molar-refractivity contribution in [2.24, 2.45) is 11.1 Å². The minimum atomic E-state index is -0.540. The number of carbonyl (C=O) groups is 2. The Labute approximate surface area is 132 Å². The topological polar surface area (TPSA) is 84.2 Å². The molecule has 0 fully saturated rings. The van der Waals surface area contributed by atoms with Crippen LogP contribution in [0.1, 0.15) is 46.5 Å². The van der Waals surface area contributed by atoms with Crippen LogP contribution < -0.4 is 16.4 Å². The van der Waals surface area contributed by atoms with E-state index in [2.05, 4.69) is 10.6 Å². The third kappa shape index (κ3) is 4.56. The van der Waals surface area contributed by atoms with Gasteiger partial charge in [0.2, 0.25) is 11.8 Å². The summed E-state index contributed by atoms with van der Waals surface area (Å²) in [5.41, 5.74) is 6.60. The number of amides is 2. The Morgan fingerprint density at radius 1 is 1.09 bits per heavy atom. The van der Waals surface area contributed by atoms with Crippen LogP contribution >= 0.6 is 0 Å². The molecular weight excluding hydrogens is 278 g/mol. The first-order chi connectivity index (χ1) is 10.5. The summed E-state index contributed by atoms with van der Waals surface area (Å²) in [6, 6.07) is 7.18. The predicted octanol–water partition coefficient (Wildman–Crippen LogP) is 3.13. The molecule has 1 aromatic rings. The Bertz CT molecular complexity index is 502. The molecule has 0 aliphatic rings. The number of anilines is 2. The second-order valence-electron chi connectivity index (χ2n) is 5.52. The first kappa shape index (κ1) is 18.2. The van der Waals surface area contributed by atoms with Crippen LogP contribution in [0, 0.1) is 5.41 Å². The van der Waals surface area contributed by atoms with Gasteiger partial charge in [-0.1, -0.05) is 26.8 Å². The van der Waals surface area contributed by atoms with Crippen molar-refractivity contribution < 1.29 is 9.59 Å². The average molecular weight is 305 g/mol. The van der Waals surface area contributed by atoms with Gasteiger partial charge in [-0.15, -0.1) is 0 Å². The van der Waals surface area contributed by atoms with Gasteiger partial charge in [-0.05, 0) is 37.5 Å². The number of carbonyl (C=O) groups excluding carboxylic acids is 2. The maximum Gasteiger partial charge on any atom is 0.231 e. The first-order valence-electron chi connectivity index (χ1n) is 7.92. The lowest BCUT2D eigenvalue weighted by molar-refractivity contribution is -0.125. The fourth-order valence-electron chi connectivity index (χ4n) is 2.34. The molecule has 0 unspecified atom stereocenters. The van der Waals surface area contributed by atoms with Crippen molar-refractivity contribution in [3.05, 3.63) is 24.3 Å². The van der Waals surface area contributed by atoms with E-state index in [-0.39, 0.29) is 11.8 Å². The number of benzene rings is 1. The highest BCUT2D eigenvalue weighted by atomic mass is 16.2. The summed E-state index contributed by atoms with van der Waals surface area (Å²) in [6.45, 7) is 6.21. The Morgan fingerprint density at radius 2 is 1.68 bits per heavy atom. The first-order valence-corrected chi connectivity index (χ1v) is 7.92.